The first-order valence-electron chi connectivity index (χ1n) is 10.9. The van der Waals surface area contributed by atoms with E-state index in [1.807, 2.05) is 0 Å². The molecule has 2 aliphatic carbocycles. The molecule has 4 rings (SSSR count). The minimum absolute atomic E-state index is 0.470. The Kier molecular flexibility index (Phi) is 8.62. The van der Waals surface area contributed by atoms with Crippen LogP contribution >= 0.6 is 0 Å². The summed E-state index contributed by atoms with van der Waals surface area (Å²) < 4.78 is 10.7. The van der Waals surface area contributed by atoms with E-state index in [4.69, 9.17) is 20.9 Å². The van der Waals surface area contributed by atoms with Crippen LogP contribution in [-0.4, -0.2) is 86.6 Å². The SMILES string of the molecule is NC1CCC(N2CCOCC2)CC1.NC1CCC(N2CCOCC2)CC1. The third-order valence-electron chi connectivity index (χ3n) is 6.61. The third kappa shape index (κ3) is 6.43. The maximum absolute atomic E-state index is 5.88. The lowest BCUT2D eigenvalue weighted by molar-refractivity contribution is 0.00746. The van der Waals surface area contributed by atoms with Gasteiger partial charge in [0.25, 0.3) is 0 Å². The monoisotopic (exact) mass is 368 g/mol. The van der Waals surface area contributed by atoms with Crippen LogP contribution in [0.2, 0.25) is 0 Å². The van der Waals surface area contributed by atoms with Crippen molar-refractivity contribution < 1.29 is 9.47 Å². The fraction of sp³-hybridized carbons (Fsp3) is 1.00. The number of rotatable bonds is 2. The highest BCUT2D eigenvalue weighted by molar-refractivity contribution is 4.83. The summed E-state index contributed by atoms with van der Waals surface area (Å²) in [5.74, 6) is 0. The second-order valence-corrected chi connectivity index (χ2v) is 8.43. The highest BCUT2D eigenvalue weighted by Gasteiger charge is 2.26. The molecule has 0 aromatic heterocycles. The van der Waals surface area contributed by atoms with Crippen LogP contribution in [0.1, 0.15) is 51.4 Å². The lowest BCUT2D eigenvalue weighted by atomic mass is 9.90. The molecule has 4 N–H and O–H groups in total. The predicted molar refractivity (Wildman–Crippen MR) is 105 cm³/mol. The van der Waals surface area contributed by atoms with Crippen molar-refractivity contribution in [2.75, 3.05) is 52.6 Å². The van der Waals surface area contributed by atoms with Crippen molar-refractivity contribution in [1.29, 1.82) is 0 Å². The Morgan fingerprint density at radius 2 is 0.808 bits per heavy atom. The van der Waals surface area contributed by atoms with E-state index < -0.39 is 0 Å². The van der Waals surface area contributed by atoms with Crippen LogP contribution in [0.25, 0.3) is 0 Å². The Bertz CT molecular complexity index is 334. The van der Waals surface area contributed by atoms with Crippen LogP contribution in [0.4, 0.5) is 0 Å². The van der Waals surface area contributed by atoms with Gasteiger partial charge in [0, 0.05) is 50.3 Å². The first-order chi connectivity index (χ1) is 12.7. The number of morpholine rings is 2. The molecule has 0 unspecified atom stereocenters. The number of nitrogens with two attached hydrogens (primary N) is 2. The Balaban J connectivity index is 0.000000151. The van der Waals surface area contributed by atoms with Gasteiger partial charge in [0.2, 0.25) is 0 Å². The fourth-order valence-electron chi connectivity index (χ4n) is 4.82. The number of ether oxygens (including phenoxy) is 2. The average molecular weight is 369 g/mol. The smallest absolute Gasteiger partial charge is 0.0594 e. The zero-order valence-corrected chi connectivity index (χ0v) is 16.5. The second kappa shape index (κ2) is 10.9. The maximum atomic E-state index is 5.88. The molecule has 152 valence electrons. The minimum atomic E-state index is 0.470. The van der Waals surface area contributed by atoms with Gasteiger partial charge in [0.1, 0.15) is 0 Å². The summed E-state index contributed by atoms with van der Waals surface area (Å²) in [7, 11) is 0. The van der Waals surface area contributed by atoms with Crippen molar-refractivity contribution in [3.05, 3.63) is 0 Å². The molecule has 0 radical (unpaired) electrons. The fourth-order valence-corrected chi connectivity index (χ4v) is 4.82. The predicted octanol–water partition coefficient (Wildman–Crippen LogP) is 1.18. The summed E-state index contributed by atoms with van der Waals surface area (Å²) in [6.07, 6.45) is 10.0. The Morgan fingerprint density at radius 3 is 1.12 bits per heavy atom. The molecule has 4 aliphatic rings. The van der Waals surface area contributed by atoms with Gasteiger partial charge >= 0.3 is 0 Å². The van der Waals surface area contributed by atoms with Gasteiger partial charge in [0.15, 0.2) is 0 Å². The summed E-state index contributed by atoms with van der Waals surface area (Å²) in [6.45, 7) is 8.18. The minimum Gasteiger partial charge on any atom is -0.379 e. The van der Waals surface area contributed by atoms with Gasteiger partial charge in [-0.1, -0.05) is 0 Å². The highest BCUT2D eigenvalue weighted by Crippen LogP contribution is 2.23. The Morgan fingerprint density at radius 1 is 0.500 bits per heavy atom. The van der Waals surface area contributed by atoms with Crippen molar-refractivity contribution in [1.82, 2.24) is 9.80 Å². The van der Waals surface area contributed by atoms with Crippen molar-refractivity contribution >= 4 is 0 Å². The van der Waals surface area contributed by atoms with Gasteiger partial charge in [-0.25, -0.2) is 0 Å². The molecule has 0 aromatic rings. The van der Waals surface area contributed by atoms with E-state index >= 15 is 0 Å². The molecule has 0 atom stereocenters. The highest BCUT2D eigenvalue weighted by atomic mass is 16.5. The van der Waals surface area contributed by atoms with Gasteiger partial charge in [-0.05, 0) is 51.4 Å². The van der Waals surface area contributed by atoms with Crippen molar-refractivity contribution in [3.8, 4) is 0 Å². The summed E-state index contributed by atoms with van der Waals surface area (Å²) in [5, 5.41) is 0. The third-order valence-corrected chi connectivity index (χ3v) is 6.61. The van der Waals surface area contributed by atoms with Crippen LogP contribution in [0, 0.1) is 0 Å². The van der Waals surface area contributed by atoms with Crippen molar-refractivity contribution in [2.24, 2.45) is 11.5 Å². The summed E-state index contributed by atoms with van der Waals surface area (Å²) in [4.78, 5) is 5.16. The van der Waals surface area contributed by atoms with E-state index in [2.05, 4.69) is 9.80 Å². The quantitative estimate of drug-likeness (QED) is 0.762. The molecule has 6 nitrogen and oxygen atoms in total. The number of hydrogen-bond acceptors (Lipinski definition) is 6. The van der Waals surface area contributed by atoms with Crippen LogP contribution in [0.15, 0.2) is 0 Å². The summed E-state index contributed by atoms with van der Waals surface area (Å²) in [6, 6.07) is 2.53. The molecule has 26 heavy (non-hydrogen) atoms. The average Bonchev–Trinajstić information content (AvgIpc) is 2.71. The first-order valence-corrected chi connectivity index (χ1v) is 10.9. The van der Waals surface area contributed by atoms with Crippen LogP contribution in [0.3, 0.4) is 0 Å². The summed E-state index contributed by atoms with van der Waals surface area (Å²) >= 11 is 0. The standard InChI is InChI=1S/2C10H20N2O/c2*11-9-1-3-10(4-2-9)12-5-7-13-8-6-12/h2*9-10H,1-8,11H2. The van der Waals surface area contributed by atoms with Gasteiger partial charge in [-0.3, -0.25) is 9.80 Å². The molecule has 0 spiro atoms. The Labute approximate surface area is 159 Å². The van der Waals surface area contributed by atoms with E-state index in [0.29, 0.717) is 12.1 Å². The molecular formula is C20H40N4O2. The van der Waals surface area contributed by atoms with E-state index in [0.717, 1.165) is 64.7 Å². The topological polar surface area (TPSA) is 77.0 Å². The molecule has 6 heteroatoms. The van der Waals surface area contributed by atoms with Crippen LogP contribution in [0.5, 0.6) is 0 Å². The molecule has 2 heterocycles. The molecule has 0 bridgehead atoms. The van der Waals surface area contributed by atoms with Gasteiger partial charge in [-0.15, -0.1) is 0 Å². The largest absolute Gasteiger partial charge is 0.379 e. The molecule has 4 fully saturated rings. The zero-order chi connectivity index (χ0) is 18.2. The Hall–Kier alpha value is -0.240. The molecule has 2 aliphatic heterocycles. The van der Waals surface area contributed by atoms with Crippen molar-refractivity contribution in [2.45, 2.75) is 75.5 Å². The lowest BCUT2D eigenvalue weighted by Crippen LogP contribution is -2.46. The number of hydrogen-bond donors (Lipinski definition) is 2. The summed E-state index contributed by atoms with van der Waals surface area (Å²) in [5.41, 5.74) is 11.8. The van der Waals surface area contributed by atoms with E-state index in [1.54, 1.807) is 0 Å². The number of nitrogens with zero attached hydrogens (tertiary/aromatic N) is 2. The van der Waals surface area contributed by atoms with Gasteiger partial charge < -0.3 is 20.9 Å². The van der Waals surface area contributed by atoms with Gasteiger partial charge in [0.05, 0.1) is 26.4 Å². The zero-order valence-electron chi connectivity index (χ0n) is 16.5. The molecule has 0 amide bonds. The molecule has 2 saturated carbocycles. The van der Waals surface area contributed by atoms with E-state index in [-0.39, 0.29) is 0 Å². The lowest BCUT2D eigenvalue weighted by Gasteiger charge is -2.38. The molecular weight excluding hydrogens is 328 g/mol. The van der Waals surface area contributed by atoms with Gasteiger partial charge in [-0.2, -0.15) is 0 Å². The molecule has 2 saturated heterocycles. The maximum Gasteiger partial charge on any atom is 0.0594 e. The second-order valence-electron chi connectivity index (χ2n) is 8.43. The molecule has 0 aromatic carbocycles. The van der Waals surface area contributed by atoms with Crippen LogP contribution in [-0.2, 0) is 9.47 Å². The van der Waals surface area contributed by atoms with Crippen molar-refractivity contribution in [3.63, 3.8) is 0 Å². The van der Waals surface area contributed by atoms with Crippen LogP contribution < -0.4 is 11.5 Å². The van der Waals surface area contributed by atoms with E-state index in [9.17, 15) is 0 Å². The first kappa shape index (κ1) is 20.5. The normalized spacial score (nSPS) is 37.6. The van der Waals surface area contributed by atoms with E-state index in [1.165, 1.54) is 51.4 Å².